The number of aliphatic carboxylic acids is 1. The van der Waals surface area contributed by atoms with Crippen molar-refractivity contribution in [2.45, 2.75) is 24.1 Å². The van der Waals surface area contributed by atoms with Crippen molar-refractivity contribution in [1.82, 2.24) is 0 Å². The van der Waals surface area contributed by atoms with Crippen LogP contribution in [0.5, 0.6) is 0 Å². The molecule has 1 amide bonds. The average Bonchev–Trinajstić information content (AvgIpc) is 2.99. The average molecular weight is 421 g/mol. The zero-order valence-corrected chi connectivity index (χ0v) is 15.7. The van der Waals surface area contributed by atoms with Crippen molar-refractivity contribution in [2.75, 3.05) is 16.4 Å². The van der Waals surface area contributed by atoms with Crippen LogP contribution in [-0.2, 0) is 19.4 Å². The van der Waals surface area contributed by atoms with E-state index in [4.69, 9.17) is 16.7 Å². The van der Waals surface area contributed by atoms with Gasteiger partial charge in [-0.2, -0.15) is 4.99 Å². The molecule has 2 atom stereocenters. The largest absolute Gasteiger partial charge is 0.481 e. The Hall–Kier alpha value is -1.65. The molecule has 2 aliphatic rings. The van der Waals surface area contributed by atoms with E-state index in [1.807, 2.05) is 0 Å². The molecule has 0 unspecified atom stereocenters. The standard InChI is InChI=1S/C15H14ClFN2O5S2/c16-9-5-8(1-2-10(9)17)19-11-6-26(23,24)7-12(11)25-15(19)18-13(20)3-4-14(21)22/h1-2,5,11-12H,3-4,6-7H2,(H,21,22)/t11-,12-/m0/s1. The second kappa shape index (κ2) is 7.16. The van der Waals surface area contributed by atoms with Gasteiger partial charge in [0, 0.05) is 17.4 Å². The number of hydrogen-bond acceptors (Lipinski definition) is 5. The summed E-state index contributed by atoms with van der Waals surface area (Å²) in [6, 6.07) is 3.50. The van der Waals surface area contributed by atoms with E-state index in [2.05, 4.69) is 4.99 Å². The van der Waals surface area contributed by atoms with Gasteiger partial charge >= 0.3 is 5.97 Å². The molecule has 1 aromatic carbocycles. The Morgan fingerprint density at radius 1 is 1.35 bits per heavy atom. The minimum absolute atomic E-state index is 0.0455. The van der Waals surface area contributed by atoms with Gasteiger partial charge in [-0.05, 0) is 18.2 Å². The lowest BCUT2D eigenvalue weighted by molar-refractivity contribution is -0.138. The van der Waals surface area contributed by atoms with Crippen LogP contribution in [0, 0.1) is 5.82 Å². The lowest BCUT2D eigenvalue weighted by Gasteiger charge is -2.24. The number of carbonyl (C=O) groups is 2. The van der Waals surface area contributed by atoms with E-state index in [-0.39, 0.29) is 39.8 Å². The van der Waals surface area contributed by atoms with Gasteiger partial charge in [-0.25, -0.2) is 12.8 Å². The Morgan fingerprint density at radius 2 is 2.08 bits per heavy atom. The van der Waals surface area contributed by atoms with Gasteiger partial charge in [0.05, 0.1) is 29.0 Å². The molecule has 0 spiro atoms. The van der Waals surface area contributed by atoms with Crippen molar-refractivity contribution >= 4 is 55.9 Å². The van der Waals surface area contributed by atoms with Crippen molar-refractivity contribution in [3.63, 3.8) is 0 Å². The Labute approximate surface area is 158 Å². The number of sulfone groups is 1. The predicted octanol–water partition coefficient (Wildman–Crippen LogP) is 1.95. The van der Waals surface area contributed by atoms with Crippen LogP contribution in [0.1, 0.15) is 12.8 Å². The molecule has 0 bridgehead atoms. The number of fused-ring (bicyclic) bond motifs is 1. The van der Waals surface area contributed by atoms with Crippen molar-refractivity contribution in [2.24, 2.45) is 4.99 Å². The number of thioether (sulfide) groups is 1. The third-order valence-electron chi connectivity index (χ3n) is 4.02. The number of benzene rings is 1. The molecular formula is C15H14ClFN2O5S2. The van der Waals surface area contributed by atoms with Gasteiger partial charge in [-0.15, -0.1) is 0 Å². The van der Waals surface area contributed by atoms with Crippen LogP contribution in [0.4, 0.5) is 10.1 Å². The summed E-state index contributed by atoms with van der Waals surface area (Å²) in [6.07, 6.45) is -0.602. The van der Waals surface area contributed by atoms with Gasteiger partial charge in [0.2, 0.25) is 5.91 Å². The number of amidine groups is 1. The first-order valence-electron chi connectivity index (χ1n) is 7.61. The Kier molecular flexibility index (Phi) is 5.27. The fourth-order valence-electron chi connectivity index (χ4n) is 2.88. The molecular weight excluding hydrogens is 407 g/mol. The maximum atomic E-state index is 13.5. The van der Waals surface area contributed by atoms with Gasteiger partial charge in [0.1, 0.15) is 5.82 Å². The second-order valence-electron chi connectivity index (χ2n) is 5.95. The Bertz CT molecular complexity index is 905. The first-order valence-corrected chi connectivity index (χ1v) is 10.7. The van der Waals surface area contributed by atoms with Crippen LogP contribution in [0.15, 0.2) is 23.2 Å². The van der Waals surface area contributed by atoms with E-state index in [1.165, 1.54) is 12.1 Å². The summed E-state index contributed by atoms with van der Waals surface area (Å²) in [4.78, 5) is 28.1. The van der Waals surface area contributed by atoms with Crippen LogP contribution in [0.3, 0.4) is 0 Å². The monoisotopic (exact) mass is 420 g/mol. The van der Waals surface area contributed by atoms with E-state index >= 15 is 0 Å². The number of amides is 1. The summed E-state index contributed by atoms with van der Waals surface area (Å²) in [5.41, 5.74) is 0.429. The van der Waals surface area contributed by atoms with Crippen LogP contribution in [-0.4, -0.2) is 53.4 Å². The summed E-state index contributed by atoms with van der Waals surface area (Å²) in [6.45, 7) is 0. The number of anilines is 1. The normalized spacial score (nSPS) is 25.5. The van der Waals surface area contributed by atoms with Gasteiger partial charge in [-0.3, -0.25) is 9.59 Å². The molecule has 2 fully saturated rings. The highest BCUT2D eigenvalue weighted by Gasteiger charge is 2.49. The highest BCUT2D eigenvalue weighted by molar-refractivity contribution is 8.16. The van der Waals surface area contributed by atoms with E-state index < -0.39 is 33.6 Å². The van der Waals surface area contributed by atoms with Crippen LogP contribution in [0.25, 0.3) is 0 Å². The number of aliphatic imine (C=N–C) groups is 1. The number of hydrogen-bond donors (Lipinski definition) is 1. The molecule has 2 heterocycles. The van der Waals surface area contributed by atoms with Crippen molar-refractivity contribution in [3.05, 3.63) is 29.0 Å². The molecule has 11 heteroatoms. The van der Waals surface area contributed by atoms with Crippen LogP contribution >= 0.6 is 23.4 Å². The number of carboxylic acids is 1. The van der Waals surface area contributed by atoms with Crippen molar-refractivity contribution in [3.8, 4) is 0 Å². The molecule has 0 saturated carbocycles. The van der Waals surface area contributed by atoms with Gasteiger partial charge < -0.3 is 10.0 Å². The zero-order chi connectivity index (χ0) is 19.1. The summed E-state index contributed by atoms with van der Waals surface area (Å²) in [5.74, 6) is -2.49. The minimum Gasteiger partial charge on any atom is -0.481 e. The number of rotatable bonds is 4. The van der Waals surface area contributed by atoms with Gasteiger partial charge in [-0.1, -0.05) is 23.4 Å². The van der Waals surface area contributed by atoms with Gasteiger partial charge in [0.15, 0.2) is 15.0 Å². The molecule has 2 saturated heterocycles. The fraction of sp³-hybridized carbons (Fsp3) is 0.400. The molecule has 7 nitrogen and oxygen atoms in total. The molecule has 0 aliphatic carbocycles. The molecule has 1 N–H and O–H groups in total. The summed E-state index contributed by atoms with van der Waals surface area (Å²) in [7, 11) is -3.23. The zero-order valence-electron chi connectivity index (χ0n) is 13.3. The SMILES string of the molecule is O=C(O)CCC(=O)N=C1S[C@H]2CS(=O)(=O)C[C@@H]2N1c1ccc(F)c(Cl)c1. The van der Waals surface area contributed by atoms with Crippen LogP contribution < -0.4 is 4.90 Å². The van der Waals surface area contributed by atoms with Gasteiger partial charge in [0.25, 0.3) is 0 Å². The third kappa shape index (κ3) is 4.02. The van der Waals surface area contributed by atoms with E-state index in [1.54, 1.807) is 4.90 Å². The summed E-state index contributed by atoms with van der Waals surface area (Å²) >= 11 is 6.98. The number of nitrogens with zero attached hydrogens (tertiary/aromatic N) is 2. The van der Waals surface area contributed by atoms with Crippen LogP contribution in [0.2, 0.25) is 5.02 Å². The lowest BCUT2D eigenvalue weighted by atomic mass is 10.2. The third-order valence-corrected chi connectivity index (χ3v) is 7.52. The predicted molar refractivity (Wildman–Crippen MR) is 97.0 cm³/mol. The molecule has 3 rings (SSSR count). The highest BCUT2D eigenvalue weighted by atomic mass is 35.5. The molecule has 0 radical (unpaired) electrons. The quantitative estimate of drug-likeness (QED) is 0.793. The Balaban J connectivity index is 1.94. The first-order chi connectivity index (χ1) is 12.2. The molecule has 0 aromatic heterocycles. The highest BCUT2D eigenvalue weighted by Crippen LogP contribution is 2.41. The fourth-order valence-corrected chi connectivity index (χ4v) is 6.98. The maximum Gasteiger partial charge on any atom is 0.303 e. The summed E-state index contributed by atoms with van der Waals surface area (Å²) in [5, 5.41) is 8.50. The second-order valence-corrected chi connectivity index (χ2v) is 9.72. The molecule has 2 aliphatic heterocycles. The Morgan fingerprint density at radius 3 is 2.73 bits per heavy atom. The minimum atomic E-state index is -3.23. The number of carboxylic acid groups (broad SMARTS) is 1. The van der Waals surface area contributed by atoms with Crippen molar-refractivity contribution in [1.29, 1.82) is 0 Å². The van der Waals surface area contributed by atoms with E-state index in [0.717, 1.165) is 17.8 Å². The topological polar surface area (TPSA) is 104 Å². The molecule has 1 aromatic rings. The maximum absolute atomic E-state index is 13.5. The first kappa shape index (κ1) is 19.1. The molecule has 140 valence electrons. The van der Waals surface area contributed by atoms with E-state index in [9.17, 15) is 22.4 Å². The summed E-state index contributed by atoms with van der Waals surface area (Å²) < 4.78 is 37.4. The molecule has 26 heavy (non-hydrogen) atoms. The van der Waals surface area contributed by atoms with Crippen molar-refractivity contribution < 1.29 is 27.5 Å². The number of carbonyl (C=O) groups excluding carboxylic acids is 1. The van der Waals surface area contributed by atoms with E-state index in [0.29, 0.717) is 5.69 Å². The number of halogens is 2. The lowest BCUT2D eigenvalue weighted by Crippen LogP contribution is -2.37. The smallest absolute Gasteiger partial charge is 0.303 e.